The fourth-order valence-electron chi connectivity index (χ4n) is 2.72. The van der Waals surface area contributed by atoms with Gasteiger partial charge in [-0.1, -0.05) is 0 Å². The first kappa shape index (κ1) is 8.83. The van der Waals surface area contributed by atoms with E-state index in [9.17, 15) is 0 Å². The van der Waals surface area contributed by atoms with E-state index in [2.05, 4.69) is 13.8 Å². The van der Waals surface area contributed by atoms with Gasteiger partial charge >= 0.3 is 0 Å². The van der Waals surface area contributed by atoms with E-state index in [0.717, 1.165) is 0 Å². The van der Waals surface area contributed by atoms with Gasteiger partial charge < -0.3 is 4.74 Å². The Bertz CT molecular complexity index is 184. The minimum absolute atomic E-state index is 0.0349. The van der Waals surface area contributed by atoms with E-state index in [4.69, 9.17) is 16.3 Å². The van der Waals surface area contributed by atoms with E-state index in [1.807, 2.05) is 0 Å². The highest BCUT2D eigenvalue weighted by Crippen LogP contribution is 2.49. The molecule has 1 saturated carbocycles. The second-order valence-corrected chi connectivity index (χ2v) is 5.04. The van der Waals surface area contributed by atoms with Gasteiger partial charge in [0.05, 0.1) is 17.1 Å². The number of alkyl halides is 1. The average Bonchev–Trinajstić information content (AvgIpc) is 2.04. The van der Waals surface area contributed by atoms with Crippen LogP contribution >= 0.6 is 11.6 Å². The first-order chi connectivity index (χ1) is 5.58. The van der Waals surface area contributed by atoms with Crippen molar-refractivity contribution in [3.63, 3.8) is 0 Å². The lowest BCUT2D eigenvalue weighted by Gasteiger charge is -2.54. The molecule has 12 heavy (non-hydrogen) atoms. The molecule has 3 fully saturated rings. The lowest BCUT2D eigenvalue weighted by atomic mass is 9.69. The maximum Gasteiger partial charge on any atom is 0.0824 e. The Hall–Kier alpha value is 0.250. The van der Waals surface area contributed by atoms with Crippen molar-refractivity contribution in [2.75, 3.05) is 5.88 Å². The predicted molar refractivity (Wildman–Crippen MR) is 50.6 cm³/mol. The number of rotatable bonds is 1. The number of fused-ring (bicyclic) bond motifs is 3. The van der Waals surface area contributed by atoms with Gasteiger partial charge in [-0.25, -0.2) is 0 Å². The fourth-order valence-corrected chi connectivity index (χ4v) is 3.00. The van der Waals surface area contributed by atoms with E-state index >= 15 is 0 Å². The van der Waals surface area contributed by atoms with Crippen LogP contribution in [-0.4, -0.2) is 17.1 Å². The summed E-state index contributed by atoms with van der Waals surface area (Å²) in [7, 11) is 0. The van der Waals surface area contributed by atoms with Crippen molar-refractivity contribution in [1.29, 1.82) is 0 Å². The summed E-state index contributed by atoms with van der Waals surface area (Å²) in [5, 5.41) is 0. The van der Waals surface area contributed by atoms with Crippen LogP contribution in [0, 0.1) is 5.92 Å². The maximum atomic E-state index is 6.08. The molecule has 1 atom stereocenters. The zero-order chi connectivity index (χ0) is 8.82. The van der Waals surface area contributed by atoms with Crippen LogP contribution in [0.15, 0.2) is 0 Å². The van der Waals surface area contributed by atoms with Gasteiger partial charge in [0.1, 0.15) is 0 Å². The SMILES string of the molecule is CC12CCC(CC1)C(C)(CCl)O2. The normalized spacial score (nSPS) is 52.8. The molecule has 1 aliphatic carbocycles. The summed E-state index contributed by atoms with van der Waals surface area (Å²) in [5.41, 5.74) is 0.102. The molecule has 0 aromatic rings. The molecular weight excluding hydrogens is 172 g/mol. The van der Waals surface area contributed by atoms with E-state index in [-0.39, 0.29) is 11.2 Å². The third kappa shape index (κ3) is 1.18. The minimum atomic E-state index is -0.0349. The van der Waals surface area contributed by atoms with Crippen molar-refractivity contribution < 1.29 is 4.74 Å². The second-order valence-electron chi connectivity index (χ2n) is 4.77. The average molecular weight is 189 g/mol. The fraction of sp³-hybridized carbons (Fsp3) is 1.00. The van der Waals surface area contributed by atoms with Crippen LogP contribution in [0.5, 0.6) is 0 Å². The molecule has 0 spiro atoms. The van der Waals surface area contributed by atoms with Gasteiger partial charge in [-0.2, -0.15) is 0 Å². The largest absolute Gasteiger partial charge is 0.368 e. The van der Waals surface area contributed by atoms with Gasteiger partial charge in [0.25, 0.3) is 0 Å². The summed E-state index contributed by atoms with van der Waals surface area (Å²) in [6.07, 6.45) is 5.06. The number of ether oxygens (including phenoxy) is 1. The first-order valence-corrected chi connectivity index (χ1v) is 5.38. The monoisotopic (exact) mass is 188 g/mol. The second kappa shape index (κ2) is 2.62. The Morgan fingerprint density at radius 2 is 1.92 bits per heavy atom. The summed E-state index contributed by atoms with van der Waals surface area (Å²) in [6, 6.07) is 0. The zero-order valence-electron chi connectivity index (χ0n) is 7.90. The van der Waals surface area contributed by atoms with Crippen LogP contribution in [0.25, 0.3) is 0 Å². The van der Waals surface area contributed by atoms with E-state index in [1.54, 1.807) is 0 Å². The van der Waals surface area contributed by atoms with E-state index < -0.39 is 0 Å². The predicted octanol–water partition coefficient (Wildman–Crippen LogP) is 2.96. The molecule has 0 radical (unpaired) electrons. The minimum Gasteiger partial charge on any atom is -0.368 e. The highest BCUT2D eigenvalue weighted by atomic mass is 35.5. The van der Waals surface area contributed by atoms with Crippen LogP contribution < -0.4 is 0 Å². The Kier molecular flexibility index (Phi) is 1.93. The van der Waals surface area contributed by atoms with Gasteiger partial charge in [-0.3, -0.25) is 0 Å². The van der Waals surface area contributed by atoms with Crippen LogP contribution in [0.1, 0.15) is 39.5 Å². The van der Waals surface area contributed by atoms with Gasteiger partial charge in [0.2, 0.25) is 0 Å². The first-order valence-electron chi connectivity index (χ1n) is 4.84. The molecule has 2 saturated heterocycles. The summed E-state index contributed by atoms with van der Waals surface area (Å²) in [5.74, 6) is 1.35. The Morgan fingerprint density at radius 3 is 2.25 bits per heavy atom. The third-order valence-electron chi connectivity index (χ3n) is 3.65. The van der Waals surface area contributed by atoms with Crippen molar-refractivity contribution in [3.05, 3.63) is 0 Å². The quantitative estimate of drug-likeness (QED) is 0.575. The molecule has 1 unspecified atom stereocenters. The molecule has 0 N–H and O–H groups in total. The van der Waals surface area contributed by atoms with Crippen molar-refractivity contribution in [2.24, 2.45) is 5.92 Å². The Balaban J connectivity index is 2.21. The number of hydrogen-bond donors (Lipinski definition) is 0. The molecular formula is C10H17ClO. The van der Waals surface area contributed by atoms with Crippen molar-refractivity contribution in [2.45, 2.75) is 50.7 Å². The van der Waals surface area contributed by atoms with Gasteiger partial charge in [0, 0.05) is 0 Å². The van der Waals surface area contributed by atoms with Crippen LogP contribution in [-0.2, 0) is 4.74 Å². The highest BCUT2D eigenvalue weighted by Gasteiger charge is 2.50. The Morgan fingerprint density at radius 1 is 1.33 bits per heavy atom. The van der Waals surface area contributed by atoms with Gasteiger partial charge in [-0.05, 0) is 45.4 Å². The smallest absolute Gasteiger partial charge is 0.0824 e. The molecule has 70 valence electrons. The summed E-state index contributed by atoms with van der Waals surface area (Å²) in [4.78, 5) is 0. The highest BCUT2D eigenvalue weighted by molar-refractivity contribution is 6.18. The van der Waals surface area contributed by atoms with Crippen molar-refractivity contribution in [3.8, 4) is 0 Å². The van der Waals surface area contributed by atoms with Crippen LogP contribution in [0.3, 0.4) is 0 Å². The molecule has 2 bridgehead atoms. The molecule has 0 aromatic heterocycles. The van der Waals surface area contributed by atoms with Crippen molar-refractivity contribution >= 4 is 11.6 Å². The zero-order valence-corrected chi connectivity index (χ0v) is 8.66. The van der Waals surface area contributed by atoms with Gasteiger partial charge in [-0.15, -0.1) is 11.6 Å². The van der Waals surface area contributed by atoms with Gasteiger partial charge in [0.15, 0.2) is 0 Å². The van der Waals surface area contributed by atoms with Crippen molar-refractivity contribution in [1.82, 2.24) is 0 Å². The standard InChI is InChI=1S/C10H17ClO/c1-9-5-3-8(4-6-9)10(2,7-11)12-9/h8H,3-7H2,1-2H3. The molecule has 3 rings (SSSR count). The number of hydrogen-bond acceptors (Lipinski definition) is 1. The molecule has 1 nitrogen and oxygen atoms in total. The summed E-state index contributed by atoms with van der Waals surface area (Å²) >= 11 is 5.95. The molecule has 2 heterocycles. The Labute approximate surface area is 79.4 Å². The molecule has 2 heteroatoms. The topological polar surface area (TPSA) is 9.23 Å². The third-order valence-corrected chi connectivity index (χ3v) is 4.18. The molecule has 3 aliphatic rings. The molecule has 0 amide bonds. The van der Waals surface area contributed by atoms with Crippen LogP contribution in [0.2, 0.25) is 0 Å². The van der Waals surface area contributed by atoms with E-state index in [0.29, 0.717) is 11.8 Å². The summed E-state index contributed by atoms with van der Waals surface area (Å²) in [6.45, 7) is 4.40. The van der Waals surface area contributed by atoms with E-state index in [1.165, 1.54) is 25.7 Å². The van der Waals surface area contributed by atoms with Crippen LogP contribution in [0.4, 0.5) is 0 Å². The lowest BCUT2D eigenvalue weighted by molar-refractivity contribution is -0.227. The summed E-state index contributed by atoms with van der Waals surface area (Å²) < 4.78 is 6.08. The molecule has 0 aromatic carbocycles. The maximum absolute atomic E-state index is 6.08. The molecule has 2 aliphatic heterocycles. The lowest BCUT2D eigenvalue weighted by Crippen LogP contribution is -2.56. The number of halogens is 1.